The molecule has 0 aliphatic heterocycles. The van der Waals surface area contributed by atoms with Crippen molar-refractivity contribution < 1.29 is 9.72 Å². The van der Waals surface area contributed by atoms with Gasteiger partial charge in [0.05, 0.1) is 20.8 Å². The molecule has 7 heteroatoms. The molecule has 3 aromatic carbocycles. The lowest BCUT2D eigenvalue weighted by Gasteiger charge is -2.08. The molecule has 0 aliphatic carbocycles. The number of rotatable bonds is 5. The maximum absolute atomic E-state index is 12.7. The average molecular weight is 401 g/mol. The highest BCUT2D eigenvalue weighted by molar-refractivity contribution is 7.19. The summed E-state index contributed by atoms with van der Waals surface area (Å²) in [7, 11) is 0. The van der Waals surface area contributed by atoms with Crippen LogP contribution in [0.15, 0.2) is 78.9 Å². The number of para-hydroxylation sites is 1. The standard InChI is InChI=1S/C22H15N3O3S/c26-21(16-8-2-1-3-9-16)23-19(14-15-7-6-10-17(13-15)25(27)28)22-24-18-11-4-5-12-20(18)29-22/h1-14H,(H,23,26)/b19-14+. The smallest absolute Gasteiger partial charge is 0.270 e. The number of nitro benzene ring substituents is 1. The third kappa shape index (κ3) is 4.20. The molecule has 1 amide bonds. The highest BCUT2D eigenvalue weighted by atomic mass is 32.1. The lowest BCUT2D eigenvalue weighted by molar-refractivity contribution is -0.384. The zero-order chi connectivity index (χ0) is 20.2. The Balaban J connectivity index is 1.77. The first-order valence-corrected chi connectivity index (χ1v) is 9.60. The summed E-state index contributed by atoms with van der Waals surface area (Å²) >= 11 is 1.44. The van der Waals surface area contributed by atoms with Crippen LogP contribution in [0.3, 0.4) is 0 Å². The maximum atomic E-state index is 12.7. The van der Waals surface area contributed by atoms with Crippen LogP contribution >= 0.6 is 11.3 Å². The van der Waals surface area contributed by atoms with Gasteiger partial charge in [-0.1, -0.05) is 42.5 Å². The number of fused-ring (bicyclic) bond motifs is 1. The first-order chi connectivity index (χ1) is 14.1. The molecule has 0 unspecified atom stereocenters. The van der Waals surface area contributed by atoms with Crippen LogP contribution in [0.5, 0.6) is 0 Å². The van der Waals surface area contributed by atoms with E-state index in [1.165, 1.54) is 23.5 Å². The highest BCUT2D eigenvalue weighted by Crippen LogP contribution is 2.28. The fourth-order valence-electron chi connectivity index (χ4n) is 2.82. The number of nitrogens with zero attached hydrogens (tertiary/aromatic N) is 2. The Kier molecular flexibility index (Phi) is 5.13. The van der Waals surface area contributed by atoms with Gasteiger partial charge < -0.3 is 5.32 Å². The number of benzene rings is 3. The molecule has 0 spiro atoms. The van der Waals surface area contributed by atoms with E-state index in [-0.39, 0.29) is 11.6 Å². The molecule has 1 aromatic heterocycles. The normalized spacial score (nSPS) is 11.4. The summed E-state index contributed by atoms with van der Waals surface area (Å²) in [6, 6.07) is 22.8. The van der Waals surface area contributed by atoms with Crippen LogP contribution in [0.25, 0.3) is 22.0 Å². The van der Waals surface area contributed by atoms with Gasteiger partial charge in [-0.05, 0) is 35.9 Å². The Bertz CT molecular complexity index is 1200. The number of hydrogen-bond donors (Lipinski definition) is 1. The summed E-state index contributed by atoms with van der Waals surface area (Å²) in [5, 5.41) is 14.6. The number of nitrogens with one attached hydrogen (secondary N) is 1. The Morgan fingerprint density at radius 1 is 1.00 bits per heavy atom. The summed E-state index contributed by atoms with van der Waals surface area (Å²) in [6.45, 7) is 0. The predicted octanol–water partition coefficient (Wildman–Crippen LogP) is 5.13. The molecular weight excluding hydrogens is 386 g/mol. The van der Waals surface area contributed by atoms with Crippen LogP contribution in [0.2, 0.25) is 0 Å². The molecular formula is C22H15N3O3S. The topological polar surface area (TPSA) is 85.1 Å². The second-order valence-corrected chi connectivity index (χ2v) is 7.25. The molecule has 142 valence electrons. The molecule has 0 saturated carbocycles. The first kappa shape index (κ1) is 18.5. The fourth-order valence-corrected chi connectivity index (χ4v) is 3.75. The van der Waals surface area contributed by atoms with Crippen LogP contribution in [0.4, 0.5) is 5.69 Å². The summed E-state index contributed by atoms with van der Waals surface area (Å²) in [6.07, 6.45) is 1.70. The third-order valence-corrected chi connectivity index (χ3v) is 5.27. The van der Waals surface area contributed by atoms with E-state index in [2.05, 4.69) is 10.3 Å². The predicted molar refractivity (Wildman–Crippen MR) is 114 cm³/mol. The molecule has 29 heavy (non-hydrogen) atoms. The average Bonchev–Trinajstić information content (AvgIpc) is 3.18. The van der Waals surface area contributed by atoms with Gasteiger partial charge in [-0.3, -0.25) is 14.9 Å². The van der Waals surface area contributed by atoms with E-state index in [1.54, 1.807) is 42.5 Å². The summed E-state index contributed by atoms with van der Waals surface area (Å²) < 4.78 is 0.987. The zero-order valence-electron chi connectivity index (χ0n) is 15.1. The quantitative estimate of drug-likeness (QED) is 0.371. The fraction of sp³-hybridized carbons (Fsp3) is 0. The Morgan fingerprint density at radius 2 is 1.76 bits per heavy atom. The Labute approximate surface area is 170 Å². The molecule has 1 heterocycles. The number of amides is 1. The lowest BCUT2D eigenvalue weighted by atomic mass is 10.1. The van der Waals surface area contributed by atoms with Gasteiger partial charge in [0.25, 0.3) is 11.6 Å². The van der Waals surface area contributed by atoms with Gasteiger partial charge in [0, 0.05) is 17.7 Å². The minimum Gasteiger partial charge on any atom is -0.319 e. The van der Waals surface area contributed by atoms with Gasteiger partial charge in [-0.25, -0.2) is 4.98 Å². The van der Waals surface area contributed by atoms with Gasteiger partial charge in [-0.15, -0.1) is 11.3 Å². The Morgan fingerprint density at radius 3 is 2.52 bits per heavy atom. The van der Waals surface area contributed by atoms with E-state index < -0.39 is 4.92 Å². The number of carbonyl (C=O) groups excluding carboxylic acids is 1. The van der Waals surface area contributed by atoms with Gasteiger partial charge in [0.2, 0.25) is 0 Å². The van der Waals surface area contributed by atoms with Crippen LogP contribution in [-0.4, -0.2) is 15.8 Å². The molecule has 0 saturated heterocycles. The van der Waals surface area contributed by atoms with Crippen LogP contribution in [0.1, 0.15) is 20.9 Å². The van der Waals surface area contributed by atoms with Crippen molar-refractivity contribution >= 4 is 44.9 Å². The number of non-ortho nitro benzene ring substituents is 1. The summed E-state index contributed by atoms with van der Waals surface area (Å²) in [5.74, 6) is -0.276. The highest BCUT2D eigenvalue weighted by Gasteiger charge is 2.14. The number of aromatic nitrogens is 1. The van der Waals surface area contributed by atoms with E-state index >= 15 is 0 Å². The third-order valence-electron chi connectivity index (χ3n) is 4.20. The maximum Gasteiger partial charge on any atom is 0.270 e. The van der Waals surface area contributed by atoms with Crippen molar-refractivity contribution in [2.75, 3.05) is 0 Å². The largest absolute Gasteiger partial charge is 0.319 e. The number of carbonyl (C=O) groups is 1. The molecule has 0 aliphatic rings. The van der Waals surface area contributed by atoms with Gasteiger partial charge in [0.15, 0.2) is 0 Å². The SMILES string of the molecule is O=C(N/C(=C/c1cccc([N+](=O)[O-])c1)c1nc2ccccc2s1)c1ccccc1. The molecule has 4 aromatic rings. The van der Waals surface area contributed by atoms with Crippen molar-refractivity contribution in [1.29, 1.82) is 0 Å². The zero-order valence-corrected chi connectivity index (χ0v) is 15.9. The minimum absolute atomic E-state index is 0.0169. The van der Waals surface area contributed by atoms with E-state index in [1.807, 2.05) is 30.3 Å². The van der Waals surface area contributed by atoms with E-state index in [0.717, 1.165) is 10.2 Å². The molecule has 4 rings (SSSR count). The second kappa shape index (κ2) is 8.04. The van der Waals surface area contributed by atoms with Gasteiger partial charge in [-0.2, -0.15) is 0 Å². The van der Waals surface area contributed by atoms with Gasteiger partial charge >= 0.3 is 0 Å². The van der Waals surface area contributed by atoms with E-state index in [9.17, 15) is 14.9 Å². The number of hydrogen-bond acceptors (Lipinski definition) is 5. The van der Waals surface area contributed by atoms with Crippen LogP contribution in [-0.2, 0) is 0 Å². The lowest BCUT2D eigenvalue weighted by Crippen LogP contribution is -2.21. The molecule has 1 N–H and O–H groups in total. The van der Waals surface area contributed by atoms with E-state index in [4.69, 9.17) is 0 Å². The number of nitro groups is 1. The van der Waals surface area contributed by atoms with Gasteiger partial charge in [0.1, 0.15) is 5.01 Å². The summed E-state index contributed by atoms with van der Waals surface area (Å²) in [4.78, 5) is 28.0. The first-order valence-electron chi connectivity index (χ1n) is 8.79. The molecule has 6 nitrogen and oxygen atoms in total. The molecule has 0 bridgehead atoms. The number of thiazole rings is 1. The van der Waals surface area contributed by atoms with Crippen molar-refractivity contribution in [1.82, 2.24) is 10.3 Å². The minimum atomic E-state index is -0.447. The van der Waals surface area contributed by atoms with Crippen LogP contribution in [0, 0.1) is 10.1 Å². The van der Waals surface area contributed by atoms with Crippen molar-refractivity contribution in [3.63, 3.8) is 0 Å². The molecule has 0 fully saturated rings. The van der Waals surface area contributed by atoms with E-state index in [0.29, 0.717) is 21.8 Å². The van der Waals surface area contributed by atoms with Crippen molar-refractivity contribution in [2.24, 2.45) is 0 Å². The van der Waals surface area contributed by atoms with Crippen molar-refractivity contribution in [3.8, 4) is 0 Å². The van der Waals surface area contributed by atoms with Crippen LogP contribution < -0.4 is 5.32 Å². The Hall–Kier alpha value is -3.84. The summed E-state index contributed by atoms with van der Waals surface area (Å²) in [5.41, 5.74) is 2.41. The molecule has 0 atom stereocenters. The van der Waals surface area contributed by atoms with Crippen molar-refractivity contribution in [2.45, 2.75) is 0 Å². The van der Waals surface area contributed by atoms with Crippen molar-refractivity contribution in [3.05, 3.63) is 105 Å². The molecule has 0 radical (unpaired) electrons. The second-order valence-electron chi connectivity index (χ2n) is 6.22. The monoisotopic (exact) mass is 401 g/mol.